The lowest BCUT2D eigenvalue weighted by atomic mass is 9.85. The lowest BCUT2D eigenvalue weighted by Crippen LogP contribution is -2.34. The lowest BCUT2D eigenvalue weighted by Gasteiger charge is -2.30. The summed E-state index contributed by atoms with van der Waals surface area (Å²) in [5, 5.41) is 3.38. The molecule has 106 valence electrons. The summed E-state index contributed by atoms with van der Waals surface area (Å²) in [5.74, 6) is 0.873. The third-order valence-corrected chi connectivity index (χ3v) is 4.49. The molecule has 1 aromatic heterocycles. The van der Waals surface area contributed by atoms with Gasteiger partial charge in [-0.1, -0.05) is 26.7 Å². The highest BCUT2D eigenvalue weighted by Gasteiger charge is 2.37. The lowest BCUT2D eigenvalue weighted by molar-refractivity contribution is 0.335. The molecular weight excluding hydrogens is 238 g/mol. The number of nitrogens with one attached hydrogen (secondary N) is 1. The molecule has 2 heterocycles. The molecule has 1 aromatic rings. The first-order chi connectivity index (χ1) is 9.24. The highest BCUT2D eigenvalue weighted by Crippen LogP contribution is 2.38. The van der Waals surface area contributed by atoms with Crippen molar-refractivity contribution >= 4 is 6.01 Å². The highest BCUT2D eigenvalue weighted by molar-refractivity contribution is 5.32. The van der Waals surface area contributed by atoms with Crippen LogP contribution in [0.5, 0.6) is 0 Å². The van der Waals surface area contributed by atoms with Gasteiger partial charge in [0.05, 0.1) is 5.69 Å². The molecule has 3 rings (SSSR count). The molecule has 4 nitrogen and oxygen atoms in total. The van der Waals surface area contributed by atoms with E-state index in [1.54, 1.807) is 6.26 Å². The van der Waals surface area contributed by atoms with Crippen LogP contribution < -0.4 is 10.2 Å². The van der Waals surface area contributed by atoms with E-state index < -0.39 is 0 Å². The Morgan fingerprint density at radius 3 is 3.05 bits per heavy atom. The molecule has 2 atom stereocenters. The molecule has 0 radical (unpaired) electrons. The van der Waals surface area contributed by atoms with Crippen LogP contribution in [-0.2, 0) is 6.54 Å². The molecule has 0 bridgehead atoms. The Hall–Kier alpha value is -1.03. The topological polar surface area (TPSA) is 41.3 Å². The van der Waals surface area contributed by atoms with Crippen molar-refractivity contribution in [1.29, 1.82) is 0 Å². The van der Waals surface area contributed by atoms with Crippen LogP contribution in [0.4, 0.5) is 6.01 Å². The zero-order valence-corrected chi connectivity index (χ0v) is 12.1. The summed E-state index contributed by atoms with van der Waals surface area (Å²) >= 11 is 0. The van der Waals surface area contributed by atoms with E-state index in [4.69, 9.17) is 4.42 Å². The van der Waals surface area contributed by atoms with Crippen LogP contribution >= 0.6 is 0 Å². The fraction of sp³-hybridized carbons (Fsp3) is 0.800. The zero-order valence-electron chi connectivity index (χ0n) is 12.1. The van der Waals surface area contributed by atoms with E-state index >= 15 is 0 Å². The average molecular weight is 263 g/mol. The Kier molecular flexibility index (Phi) is 3.78. The third-order valence-electron chi connectivity index (χ3n) is 4.49. The van der Waals surface area contributed by atoms with Crippen LogP contribution in [0.1, 0.15) is 51.6 Å². The molecule has 1 aliphatic heterocycles. The maximum atomic E-state index is 5.70. The minimum atomic E-state index is 0.481. The Labute approximate surface area is 115 Å². The van der Waals surface area contributed by atoms with Crippen molar-refractivity contribution in [2.75, 3.05) is 11.4 Å². The first-order valence-corrected chi connectivity index (χ1v) is 7.68. The van der Waals surface area contributed by atoms with Crippen LogP contribution in [0.2, 0.25) is 0 Å². The van der Waals surface area contributed by atoms with Crippen molar-refractivity contribution in [2.45, 2.75) is 64.6 Å². The van der Waals surface area contributed by atoms with Gasteiger partial charge in [0.25, 0.3) is 6.01 Å². The Balaban J connectivity index is 1.65. The molecule has 1 saturated heterocycles. The van der Waals surface area contributed by atoms with Crippen molar-refractivity contribution in [3.05, 3.63) is 12.0 Å². The van der Waals surface area contributed by atoms with E-state index in [-0.39, 0.29) is 0 Å². The monoisotopic (exact) mass is 263 g/mol. The minimum Gasteiger partial charge on any atom is -0.432 e. The molecule has 19 heavy (non-hydrogen) atoms. The quantitative estimate of drug-likeness (QED) is 0.907. The van der Waals surface area contributed by atoms with Gasteiger partial charge in [0.15, 0.2) is 0 Å². The molecule has 4 heteroatoms. The molecule has 0 spiro atoms. The molecule has 1 N–H and O–H groups in total. The summed E-state index contributed by atoms with van der Waals surface area (Å²) in [7, 11) is 0. The molecule has 0 amide bonds. The van der Waals surface area contributed by atoms with E-state index in [1.807, 2.05) is 0 Å². The number of hydrogen-bond donors (Lipinski definition) is 1. The Morgan fingerprint density at radius 1 is 1.37 bits per heavy atom. The minimum absolute atomic E-state index is 0.481. The van der Waals surface area contributed by atoms with E-state index in [0.717, 1.165) is 30.7 Å². The summed E-state index contributed by atoms with van der Waals surface area (Å²) in [6.07, 6.45) is 8.59. The number of rotatable bonds is 4. The van der Waals surface area contributed by atoms with E-state index in [0.29, 0.717) is 12.1 Å². The summed E-state index contributed by atoms with van der Waals surface area (Å²) in [6, 6.07) is 2.00. The summed E-state index contributed by atoms with van der Waals surface area (Å²) < 4.78 is 5.70. The molecule has 1 aliphatic carbocycles. The van der Waals surface area contributed by atoms with Crippen molar-refractivity contribution < 1.29 is 4.42 Å². The number of fused-ring (bicyclic) bond motifs is 1. The largest absolute Gasteiger partial charge is 0.432 e. The smallest absolute Gasteiger partial charge is 0.297 e. The Morgan fingerprint density at radius 2 is 2.21 bits per heavy atom. The Bertz CT molecular complexity index is 415. The van der Waals surface area contributed by atoms with Gasteiger partial charge in [0.1, 0.15) is 6.26 Å². The first kappa shape index (κ1) is 13.0. The van der Waals surface area contributed by atoms with Crippen LogP contribution in [0.3, 0.4) is 0 Å². The fourth-order valence-electron chi connectivity index (χ4n) is 3.46. The van der Waals surface area contributed by atoms with Gasteiger partial charge < -0.3 is 14.6 Å². The summed E-state index contributed by atoms with van der Waals surface area (Å²) in [4.78, 5) is 7.06. The van der Waals surface area contributed by atoms with Crippen LogP contribution in [0.25, 0.3) is 0 Å². The van der Waals surface area contributed by atoms with Crippen LogP contribution in [0.15, 0.2) is 10.7 Å². The standard InChI is InChI=1S/C15H25N3O/c1-11(2)16-9-13-10-19-15(17-13)18-8-7-12-5-3-4-6-14(12)18/h10-12,14,16H,3-9H2,1-2H3. The second kappa shape index (κ2) is 5.53. The van der Waals surface area contributed by atoms with Crippen molar-refractivity contribution in [1.82, 2.24) is 10.3 Å². The molecule has 2 aliphatic rings. The SMILES string of the molecule is CC(C)NCc1coc(N2CCC3CCCCC32)n1. The van der Waals surface area contributed by atoms with Gasteiger partial charge in [-0.25, -0.2) is 0 Å². The maximum absolute atomic E-state index is 5.70. The van der Waals surface area contributed by atoms with Gasteiger partial charge in [-0.15, -0.1) is 0 Å². The number of aromatic nitrogens is 1. The van der Waals surface area contributed by atoms with Crippen molar-refractivity contribution in [3.63, 3.8) is 0 Å². The van der Waals surface area contributed by atoms with Gasteiger partial charge in [0.2, 0.25) is 0 Å². The van der Waals surface area contributed by atoms with Gasteiger partial charge >= 0.3 is 0 Å². The number of hydrogen-bond acceptors (Lipinski definition) is 4. The van der Waals surface area contributed by atoms with Crippen molar-refractivity contribution in [3.8, 4) is 0 Å². The number of oxazole rings is 1. The average Bonchev–Trinajstić information content (AvgIpc) is 3.02. The zero-order chi connectivity index (χ0) is 13.2. The molecule has 1 saturated carbocycles. The van der Waals surface area contributed by atoms with Gasteiger partial charge in [-0.05, 0) is 25.2 Å². The normalized spacial score (nSPS) is 27.0. The molecule has 2 fully saturated rings. The fourth-order valence-corrected chi connectivity index (χ4v) is 3.46. The van der Waals surface area contributed by atoms with Gasteiger partial charge in [-0.2, -0.15) is 4.98 Å². The van der Waals surface area contributed by atoms with Gasteiger partial charge in [-0.3, -0.25) is 0 Å². The number of anilines is 1. The summed E-state index contributed by atoms with van der Waals surface area (Å²) in [5.41, 5.74) is 1.02. The second-order valence-corrected chi connectivity index (χ2v) is 6.25. The molecule has 2 unspecified atom stereocenters. The molecule has 0 aromatic carbocycles. The first-order valence-electron chi connectivity index (χ1n) is 7.68. The third kappa shape index (κ3) is 2.78. The van der Waals surface area contributed by atoms with Crippen LogP contribution in [0, 0.1) is 5.92 Å². The highest BCUT2D eigenvalue weighted by atomic mass is 16.4. The van der Waals surface area contributed by atoms with E-state index in [1.165, 1.54) is 32.1 Å². The predicted molar refractivity (Wildman–Crippen MR) is 76.2 cm³/mol. The number of nitrogens with zero attached hydrogens (tertiary/aromatic N) is 2. The second-order valence-electron chi connectivity index (χ2n) is 6.25. The molecular formula is C15H25N3O. The summed E-state index contributed by atoms with van der Waals surface area (Å²) in [6.45, 7) is 6.21. The predicted octanol–water partition coefficient (Wildman–Crippen LogP) is 2.94. The van der Waals surface area contributed by atoms with Gasteiger partial charge in [0, 0.05) is 25.2 Å². The maximum Gasteiger partial charge on any atom is 0.297 e. The van der Waals surface area contributed by atoms with Crippen LogP contribution in [-0.4, -0.2) is 23.6 Å². The van der Waals surface area contributed by atoms with Crippen molar-refractivity contribution in [2.24, 2.45) is 5.92 Å². The van der Waals surface area contributed by atoms with E-state index in [9.17, 15) is 0 Å². The van der Waals surface area contributed by atoms with E-state index in [2.05, 4.69) is 29.0 Å².